The van der Waals surface area contributed by atoms with Crippen LogP contribution in [0.3, 0.4) is 0 Å². The number of rotatable bonds is 5. The van der Waals surface area contributed by atoms with Crippen molar-refractivity contribution in [3.63, 3.8) is 0 Å². The number of methoxy groups -OCH3 is 2. The molecule has 0 aliphatic carbocycles. The molecule has 0 saturated heterocycles. The molecule has 29 heavy (non-hydrogen) atoms. The monoisotopic (exact) mass is 406 g/mol. The van der Waals surface area contributed by atoms with Crippen LogP contribution in [-0.2, 0) is 0 Å². The minimum Gasteiger partial charge on any atom is -0.493 e. The van der Waals surface area contributed by atoms with Gasteiger partial charge in [0.05, 0.1) is 14.2 Å². The zero-order valence-corrected chi connectivity index (χ0v) is 16.6. The molecule has 1 heterocycles. The number of hydrogen-bond donors (Lipinski definition) is 2. The maximum Gasteiger partial charge on any atom is 0.325 e. The second-order valence-electron chi connectivity index (χ2n) is 6.12. The molecule has 0 saturated carbocycles. The molecule has 0 fully saturated rings. The molecule has 8 heteroatoms. The van der Waals surface area contributed by atoms with Gasteiger partial charge in [-0.3, -0.25) is 5.32 Å². The van der Waals surface area contributed by atoms with Crippen molar-refractivity contribution in [3.8, 4) is 22.1 Å². The fourth-order valence-corrected chi connectivity index (χ4v) is 3.62. The number of carbonyl (C=O) groups is 1. The summed E-state index contributed by atoms with van der Waals surface area (Å²) in [7, 11) is 3.16. The third-order valence-corrected chi connectivity index (χ3v) is 5.17. The standard InChI is InChI=1S/C21H18N4O3S/c1-27-17-10-8-15(12-18(17)28-2)19-24-25-21(29-19)23-20(26)22-16-9-7-13-5-3-4-6-14(13)11-16/h3-12H,1-2H3,(H2,22,23,25,26). The van der Waals surface area contributed by atoms with Gasteiger partial charge in [0.15, 0.2) is 11.5 Å². The summed E-state index contributed by atoms with van der Waals surface area (Å²) in [6.07, 6.45) is 0. The first-order valence-corrected chi connectivity index (χ1v) is 9.60. The van der Waals surface area contributed by atoms with Gasteiger partial charge in [0, 0.05) is 11.3 Å². The van der Waals surface area contributed by atoms with Crippen LogP contribution in [-0.4, -0.2) is 30.4 Å². The van der Waals surface area contributed by atoms with Crippen LogP contribution in [0.5, 0.6) is 11.5 Å². The van der Waals surface area contributed by atoms with Gasteiger partial charge < -0.3 is 14.8 Å². The lowest BCUT2D eigenvalue weighted by molar-refractivity contribution is 0.262. The summed E-state index contributed by atoms with van der Waals surface area (Å²) in [4.78, 5) is 12.3. The predicted octanol–water partition coefficient (Wildman–Crippen LogP) is 5.02. The Morgan fingerprint density at radius 3 is 2.45 bits per heavy atom. The quantitative estimate of drug-likeness (QED) is 0.486. The first-order chi connectivity index (χ1) is 14.2. The van der Waals surface area contributed by atoms with Crippen molar-refractivity contribution in [1.82, 2.24) is 10.2 Å². The Kier molecular flexibility index (Phi) is 5.26. The van der Waals surface area contributed by atoms with Crippen LogP contribution in [0.4, 0.5) is 15.6 Å². The number of fused-ring (bicyclic) bond motifs is 1. The molecule has 4 rings (SSSR count). The molecule has 0 aliphatic rings. The van der Waals surface area contributed by atoms with Crippen LogP contribution in [0, 0.1) is 0 Å². The lowest BCUT2D eigenvalue weighted by atomic mass is 10.1. The molecule has 1 aromatic heterocycles. The summed E-state index contributed by atoms with van der Waals surface area (Å²) in [5, 5.41) is 17.0. The lowest BCUT2D eigenvalue weighted by Gasteiger charge is -2.08. The number of nitrogens with one attached hydrogen (secondary N) is 2. The van der Waals surface area contributed by atoms with Gasteiger partial charge in [-0.25, -0.2) is 4.79 Å². The SMILES string of the molecule is COc1ccc(-c2nnc(NC(=O)Nc3ccc4ccccc4c3)s2)cc1OC. The minimum absolute atomic E-state index is 0.379. The molecule has 2 amide bonds. The van der Waals surface area contributed by atoms with Crippen molar-refractivity contribution in [2.45, 2.75) is 0 Å². The minimum atomic E-state index is -0.379. The van der Waals surface area contributed by atoms with E-state index in [9.17, 15) is 4.79 Å². The molecule has 0 spiro atoms. The lowest BCUT2D eigenvalue weighted by Crippen LogP contribution is -2.19. The molecule has 0 aliphatic heterocycles. The molecule has 7 nitrogen and oxygen atoms in total. The van der Waals surface area contributed by atoms with Crippen LogP contribution < -0.4 is 20.1 Å². The van der Waals surface area contributed by atoms with Crippen molar-refractivity contribution in [2.75, 3.05) is 24.9 Å². The average molecular weight is 406 g/mol. The number of carbonyl (C=O) groups excluding carboxylic acids is 1. The molecule has 146 valence electrons. The van der Waals surface area contributed by atoms with Gasteiger partial charge in [0.1, 0.15) is 5.01 Å². The summed E-state index contributed by atoms with van der Waals surface area (Å²) in [6, 6.07) is 18.8. The normalized spacial score (nSPS) is 10.6. The Balaban J connectivity index is 1.46. The van der Waals surface area contributed by atoms with E-state index < -0.39 is 0 Å². The van der Waals surface area contributed by atoms with E-state index in [0.717, 1.165) is 16.3 Å². The highest BCUT2D eigenvalue weighted by Gasteiger charge is 2.12. The number of nitrogens with zero attached hydrogens (tertiary/aromatic N) is 2. The largest absolute Gasteiger partial charge is 0.493 e. The number of ether oxygens (including phenoxy) is 2. The summed E-state index contributed by atoms with van der Waals surface area (Å²) in [6.45, 7) is 0. The highest BCUT2D eigenvalue weighted by molar-refractivity contribution is 7.18. The Morgan fingerprint density at radius 2 is 1.66 bits per heavy atom. The van der Waals surface area contributed by atoms with Gasteiger partial charge >= 0.3 is 6.03 Å². The van der Waals surface area contributed by atoms with Crippen molar-refractivity contribution in [3.05, 3.63) is 60.7 Å². The second-order valence-corrected chi connectivity index (χ2v) is 7.10. The Hall–Kier alpha value is -3.65. The summed E-state index contributed by atoms with van der Waals surface area (Å²) < 4.78 is 10.6. The summed E-state index contributed by atoms with van der Waals surface area (Å²) >= 11 is 1.27. The van der Waals surface area contributed by atoms with E-state index in [-0.39, 0.29) is 6.03 Å². The summed E-state index contributed by atoms with van der Waals surface area (Å²) in [5.41, 5.74) is 1.52. The van der Waals surface area contributed by atoms with Gasteiger partial charge in [-0.05, 0) is 41.1 Å². The van der Waals surface area contributed by atoms with Crippen molar-refractivity contribution < 1.29 is 14.3 Å². The molecular weight excluding hydrogens is 388 g/mol. The maximum absolute atomic E-state index is 12.3. The van der Waals surface area contributed by atoms with Gasteiger partial charge in [-0.2, -0.15) is 0 Å². The van der Waals surface area contributed by atoms with Gasteiger partial charge in [0.25, 0.3) is 0 Å². The van der Waals surface area contributed by atoms with E-state index in [4.69, 9.17) is 9.47 Å². The Labute approximate surface area is 171 Å². The molecule has 0 atom stereocenters. The fourth-order valence-electron chi connectivity index (χ4n) is 2.89. The number of benzene rings is 3. The van der Waals surface area contributed by atoms with E-state index >= 15 is 0 Å². The maximum atomic E-state index is 12.3. The van der Waals surface area contributed by atoms with E-state index in [1.165, 1.54) is 11.3 Å². The second kappa shape index (κ2) is 8.15. The molecule has 0 radical (unpaired) electrons. The first kappa shape index (κ1) is 18.7. The Bertz CT molecular complexity index is 1180. The molecule has 0 bridgehead atoms. The number of amides is 2. The highest BCUT2D eigenvalue weighted by Crippen LogP contribution is 2.34. The molecule has 2 N–H and O–H groups in total. The van der Waals surface area contributed by atoms with E-state index in [1.54, 1.807) is 20.3 Å². The predicted molar refractivity (Wildman–Crippen MR) is 115 cm³/mol. The smallest absolute Gasteiger partial charge is 0.325 e. The van der Waals surface area contributed by atoms with Crippen LogP contribution in [0.2, 0.25) is 0 Å². The van der Waals surface area contributed by atoms with E-state index in [0.29, 0.717) is 27.3 Å². The van der Waals surface area contributed by atoms with Crippen LogP contribution in [0.25, 0.3) is 21.3 Å². The van der Waals surface area contributed by atoms with Crippen LogP contribution >= 0.6 is 11.3 Å². The van der Waals surface area contributed by atoms with Gasteiger partial charge in [0.2, 0.25) is 5.13 Å². The first-order valence-electron chi connectivity index (χ1n) is 8.79. The zero-order chi connectivity index (χ0) is 20.2. The topological polar surface area (TPSA) is 85.4 Å². The van der Waals surface area contributed by atoms with E-state index in [2.05, 4.69) is 20.8 Å². The third kappa shape index (κ3) is 4.12. The highest BCUT2D eigenvalue weighted by atomic mass is 32.1. The summed E-state index contributed by atoms with van der Waals surface area (Å²) in [5.74, 6) is 1.23. The molecular formula is C21H18N4O3S. The third-order valence-electron chi connectivity index (χ3n) is 4.28. The molecule has 4 aromatic rings. The molecule has 3 aromatic carbocycles. The number of urea groups is 1. The van der Waals surface area contributed by atoms with Crippen LogP contribution in [0.15, 0.2) is 60.7 Å². The Morgan fingerprint density at radius 1 is 0.862 bits per heavy atom. The van der Waals surface area contributed by atoms with Crippen molar-refractivity contribution in [2.24, 2.45) is 0 Å². The van der Waals surface area contributed by atoms with Crippen molar-refractivity contribution >= 4 is 39.0 Å². The van der Waals surface area contributed by atoms with E-state index in [1.807, 2.05) is 54.6 Å². The van der Waals surface area contributed by atoms with Crippen molar-refractivity contribution in [1.29, 1.82) is 0 Å². The average Bonchev–Trinajstić information content (AvgIpc) is 3.21. The number of aromatic nitrogens is 2. The fraction of sp³-hybridized carbons (Fsp3) is 0.0952. The number of hydrogen-bond acceptors (Lipinski definition) is 6. The zero-order valence-electron chi connectivity index (χ0n) is 15.8. The van der Waals surface area contributed by atoms with Gasteiger partial charge in [-0.15, -0.1) is 10.2 Å². The molecule has 0 unspecified atom stereocenters. The number of anilines is 2. The van der Waals surface area contributed by atoms with Crippen LogP contribution in [0.1, 0.15) is 0 Å². The van der Waals surface area contributed by atoms with Gasteiger partial charge in [-0.1, -0.05) is 41.7 Å².